The average molecular weight is 235 g/mol. The number of benzene rings is 1. The minimum atomic E-state index is -0.0253. The maximum Gasteiger partial charge on any atom is 0.222 e. The van der Waals surface area contributed by atoms with Crippen molar-refractivity contribution in [2.24, 2.45) is 5.73 Å². The molecule has 0 heterocycles. The summed E-state index contributed by atoms with van der Waals surface area (Å²) in [5, 5.41) is 6.08. The molecular weight excluding hydrogens is 214 g/mol. The van der Waals surface area contributed by atoms with Crippen molar-refractivity contribution in [2.45, 2.75) is 26.3 Å². The molecule has 1 aromatic carbocycles. The van der Waals surface area contributed by atoms with Crippen LogP contribution in [0.25, 0.3) is 0 Å². The SMILES string of the molecule is CCNC(=O)CC(CN)Nc1ccccc1C. The summed E-state index contributed by atoms with van der Waals surface area (Å²) in [6, 6.07) is 7.96. The number of anilines is 1. The molecule has 1 rings (SSSR count). The first kappa shape index (κ1) is 13.5. The quantitative estimate of drug-likeness (QED) is 0.695. The van der Waals surface area contributed by atoms with Crippen LogP contribution in [-0.4, -0.2) is 25.0 Å². The minimum Gasteiger partial charge on any atom is -0.380 e. The molecule has 4 heteroatoms. The van der Waals surface area contributed by atoms with Crippen LogP contribution < -0.4 is 16.4 Å². The van der Waals surface area contributed by atoms with Gasteiger partial charge in [-0.2, -0.15) is 0 Å². The van der Waals surface area contributed by atoms with E-state index in [1.165, 1.54) is 0 Å². The van der Waals surface area contributed by atoms with Gasteiger partial charge in [0.1, 0.15) is 0 Å². The fourth-order valence-electron chi connectivity index (χ4n) is 1.64. The van der Waals surface area contributed by atoms with Crippen molar-refractivity contribution >= 4 is 11.6 Å². The first-order valence-electron chi connectivity index (χ1n) is 5.96. The van der Waals surface area contributed by atoms with Crippen molar-refractivity contribution in [1.82, 2.24) is 5.32 Å². The molecule has 4 nitrogen and oxygen atoms in total. The van der Waals surface area contributed by atoms with Crippen LogP contribution in [0.1, 0.15) is 18.9 Å². The number of carbonyl (C=O) groups excluding carboxylic acids is 1. The maximum absolute atomic E-state index is 11.5. The molecule has 0 fully saturated rings. The highest BCUT2D eigenvalue weighted by molar-refractivity contribution is 5.77. The van der Waals surface area contributed by atoms with Crippen molar-refractivity contribution in [3.05, 3.63) is 29.8 Å². The van der Waals surface area contributed by atoms with Crippen LogP contribution >= 0.6 is 0 Å². The smallest absolute Gasteiger partial charge is 0.222 e. The van der Waals surface area contributed by atoms with Gasteiger partial charge in [-0.15, -0.1) is 0 Å². The van der Waals surface area contributed by atoms with E-state index in [-0.39, 0.29) is 11.9 Å². The van der Waals surface area contributed by atoms with Crippen LogP contribution in [0.5, 0.6) is 0 Å². The molecule has 1 atom stereocenters. The van der Waals surface area contributed by atoms with Gasteiger partial charge >= 0.3 is 0 Å². The number of aryl methyl sites for hydroxylation is 1. The van der Waals surface area contributed by atoms with E-state index in [9.17, 15) is 4.79 Å². The Bertz CT molecular complexity index is 365. The maximum atomic E-state index is 11.5. The Morgan fingerprint density at radius 1 is 1.41 bits per heavy atom. The average Bonchev–Trinajstić information content (AvgIpc) is 2.31. The van der Waals surface area contributed by atoms with Gasteiger partial charge in [-0.05, 0) is 25.5 Å². The van der Waals surface area contributed by atoms with Crippen molar-refractivity contribution in [1.29, 1.82) is 0 Å². The Morgan fingerprint density at radius 2 is 2.12 bits per heavy atom. The number of nitrogens with one attached hydrogen (secondary N) is 2. The number of carbonyl (C=O) groups is 1. The molecule has 1 amide bonds. The third-order valence-corrected chi connectivity index (χ3v) is 2.59. The van der Waals surface area contributed by atoms with Gasteiger partial charge < -0.3 is 16.4 Å². The van der Waals surface area contributed by atoms with E-state index in [0.717, 1.165) is 11.3 Å². The number of hydrogen-bond donors (Lipinski definition) is 3. The molecule has 1 unspecified atom stereocenters. The van der Waals surface area contributed by atoms with E-state index in [0.29, 0.717) is 19.5 Å². The summed E-state index contributed by atoms with van der Waals surface area (Å²) in [6.07, 6.45) is 0.401. The number of hydrogen-bond acceptors (Lipinski definition) is 3. The van der Waals surface area contributed by atoms with Crippen molar-refractivity contribution < 1.29 is 4.79 Å². The lowest BCUT2D eigenvalue weighted by Gasteiger charge is -2.19. The molecule has 0 saturated heterocycles. The Labute approximate surface area is 103 Å². The third kappa shape index (κ3) is 4.44. The Hall–Kier alpha value is -1.55. The van der Waals surface area contributed by atoms with Crippen molar-refractivity contribution in [3.63, 3.8) is 0 Å². The lowest BCUT2D eigenvalue weighted by molar-refractivity contribution is -0.121. The second-order valence-corrected chi connectivity index (χ2v) is 4.05. The molecule has 17 heavy (non-hydrogen) atoms. The van der Waals surface area contributed by atoms with E-state index < -0.39 is 0 Å². The van der Waals surface area contributed by atoms with Crippen LogP contribution in [0, 0.1) is 6.92 Å². The Morgan fingerprint density at radius 3 is 2.71 bits per heavy atom. The number of amides is 1. The van der Waals surface area contributed by atoms with E-state index in [1.807, 2.05) is 38.1 Å². The topological polar surface area (TPSA) is 67.2 Å². The summed E-state index contributed by atoms with van der Waals surface area (Å²) in [5.74, 6) is 0.0315. The molecule has 0 aromatic heterocycles. The summed E-state index contributed by atoms with van der Waals surface area (Å²) >= 11 is 0. The Balaban J connectivity index is 2.58. The van der Waals surface area contributed by atoms with E-state index in [4.69, 9.17) is 5.73 Å². The first-order valence-corrected chi connectivity index (χ1v) is 5.96. The highest BCUT2D eigenvalue weighted by Crippen LogP contribution is 2.14. The standard InChI is InChI=1S/C13H21N3O/c1-3-15-13(17)8-11(9-14)16-12-7-5-4-6-10(12)2/h4-7,11,16H,3,8-9,14H2,1-2H3,(H,15,17). The highest BCUT2D eigenvalue weighted by Gasteiger charge is 2.12. The van der Waals surface area contributed by atoms with Crippen LogP contribution in [-0.2, 0) is 4.79 Å². The second-order valence-electron chi connectivity index (χ2n) is 4.05. The van der Waals surface area contributed by atoms with Crippen molar-refractivity contribution in [2.75, 3.05) is 18.4 Å². The lowest BCUT2D eigenvalue weighted by Crippen LogP contribution is -2.35. The molecule has 0 bridgehead atoms. The van der Waals surface area contributed by atoms with Gasteiger partial charge in [0.25, 0.3) is 0 Å². The molecule has 4 N–H and O–H groups in total. The first-order chi connectivity index (χ1) is 8.17. The summed E-state index contributed by atoms with van der Waals surface area (Å²) in [6.45, 7) is 5.03. The molecule has 0 saturated carbocycles. The van der Waals surface area contributed by atoms with Gasteiger partial charge in [0.2, 0.25) is 5.91 Å². The van der Waals surface area contributed by atoms with Gasteiger partial charge in [-0.1, -0.05) is 18.2 Å². The zero-order valence-electron chi connectivity index (χ0n) is 10.5. The second kappa shape index (κ2) is 6.91. The predicted octanol–water partition coefficient (Wildman–Crippen LogP) is 1.26. The summed E-state index contributed by atoms with van der Waals surface area (Å²) in [5.41, 5.74) is 7.86. The summed E-state index contributed by atoms with van der Waals surface area (Å²) in [4.78, 5) is 11.5. The zero-order chi connectivity index (χ0) is 12.7. The fraction of sp³-hybridized carbons (Fsp3) is 0.462. The molecule has 0 spiro atoms. The molecule has 0 aliphatic rings. The highest BCUT2D eigenvalue weighted by atomic mass is 16.1. The van der Waals surface area contributed by atoms with E-state index in [2.05, 4.69) is 10.6 Å². The number of nitrogens with two attached hydrogens (primary N) is 1. The van der Waals surface area contributed by atoms with E-state index >= 15 is 0 Å². The van der Waals surface area contributed by atoms with Gasteiger partial charge in [0, 0.05) is 31.2 Å². The fourth-order valence-corrected chi connectivity index (χ4v) is 1.64. The van der Waals surface area contributed by atoms with Crippen LogP contribution in [0.4, 0.5) is 5.69 Å². The third-order valence-electron chi connectivity index (χ3n) is 2.59. The number of para-hydroxylation sites is 1. The molecule has 0 aliphatic carbocycles. The van der Waals surface area contributed by atoms with E-state index in [1.54, 1.807) is 0 Å². The Kier molecular flexibility index (Phi) is 5.49. The minimum absolute atomic E-state index is 0.0253. The van der Waals surface area contributed by atoms with Crippen LogP contribution in [0.3, 0.4) is 0 Å². The zero-order valence-corrected chi connectivity index (χ0v) is 10.5. The monoisotopic (exact) mass is 235 g/mol. The van der Waals surface area contributed by atoms with Gasteiger partial charge in [0.05, 0.1) is 0 Å². The molecule has 94 valence electrons. The summed E-state index contributed by atoms with van der Waals surface area (Å²) in [7, 11) is 0. The number of rotatable bonds is 6. The van der Waals surface area contributed by atoms with Gasteiger partial charge in [0.15, 0.2) is 0 Å². The molecule has 1 aromatic rings. The van der Waals surface area contributed by atoms with Gasteiger partial charge in [-0.25, -0.2) is 0 Å². The van der Waals surface area contributed by atoms with Gasteiger partial charge in [-0.3, -0.25) is 4.79 Å². The molecular formula is C13H21N3O. The van der Waals surface area contributed by atoms with Crippen molar-refractivity contribution in [3.8, 4) is 0 Å². The lowest BCUT2D eigenvalue weighted by atomic mass is 10.1. The molecule has 0 radical (unpaired) electrons. The predicted molar refractivity (Wildman–Crippen MR) is 70.9 cm³/mol. The van der Waals surface area contributed by atoms with Crippen LogP contribution in [0.15, 0.2) is 24.3 Å². The molecule has 0 aliphatic heterocycles. The normalized spacial score (nSPS) is 11.9. The van der Waals surface area contributed by atoms with Crippen LogP contribution in [0.2, 0.25) is 0 Å². The summed E-state index contributed by atoms with van der Waals surface area (Å²) < 4.78 is 0. The largest absolute Gasteiger partial charge is 0.380 e.